The molecule has 0 saturated heterocycles. The van der Waals surface area contributed by atoms with Crippen LogP contribution < -0.4 is 0 Å². The first-order valence-electron chi connectivity index (χ1n) is 7.95. The van der Waals surface area contributed by atoms with Crippen LogP contribution in [0.3, 0.4) is 0 Å². The standard InChI is InChI=1S/C16H30O3/c1-3-19-16(17)10-5-4-6-11-18-13-15-9-7-8-14(2)12-15/h14-15H,3-13H2,1-2H3. The molecule has 0 radical (unpaired) electrons. The first-order chi connectivity index (χ1) is 9.22. The lowest BCUT2D eigenvalue weighted by atomic mass is 9.83. The third-order valence-corrected chi connectivity index (χ3v) is 3.87. The molecule has 1 aliphatic rings. The number of ether oxygens (including phenoxy) is 2. The predicted molar refractivity (Wildman–Crippen MR) is 77.0 cm³/mol. The Morgan fingerprint density at radius 1 is 1.21 bits per heavy atom. The van der Waals surface area contributed by atoms with Crippen molar-refractivity contribution in [1.29, 1.82) is 0 Å². The van der Waals surface area contributed by atoms with Crippen LogP contribution in [0.4, 0.5) is 0 Å². The summed E-state index contributed by atoms with van der Waals surface area (Å²) in [6.07, 6.45) is 9.02. The molecule has 0 aliphatic heterocycles. The molecule has 1 saturated carbocycles. The summed E-state index contributed by atoms with van der Waals surface area (Å²) in [7, 11) is 0. The van der Waals surface area contributed by atoms with Crippen molar-refractivity contribution in [2.45, 2.75) is 65.2 Å². The molecule has 0 heterocycles. The maximum atomic E-state index is 11.1. The lowest BCUT2D eigenvalue weighted by Crippen LogP contribution is -2.18. The molecule has 0 aromatic heterocycles. The van der Waals surface area contributed by atoms with Gasteiger partial charge in [-0.1, -0.05) is 26.2 Å². The van der Waals surface area contributed by atoms with Gasteiger partial charge >= 0.3 is 5.97 Å². The maximum absolute atomic E-state index is 11.1. The van der Waals surface area contributed by atoms with Crippen molar-refractivity contribution in [3.05, 3.63) is 0 Å². The van der Waals surface area contributed by atoms with Crippen molar-refractivity contribution in [3.8, 4) is 0 Å². The second-order valence-electron chi connectivity index (χ2n) is 5.83. The third-order valence-electron chi connectivity index (χ3n) is 3.87. The molecular formula is C16H30O3. The van der Waals surface area contributed by atoms with Gasteiger partial charge in [-0.3, -0.25) is 4.79 Å². The average molecular weight is 270 g/mol. The van der Waals surface area contributed by atoms with Gasteiger partial charge in [0.2, 0.25) is 0 Å². The Balaban J connectivity index is 1.87. The Labute approximate surface area is 118 Å². The lowest BCUT2D eigenvalue weighted by molar-refractivity contribution is -0.143. The summed E-state index contributed by atoms with van der Waals surface area (Å²) < 4.78 is 10.6. The van der Waals surface area contributed by atoms with Crippen LogP contribution in [0.15, 0.2) is 0 Å². The predicted octanol–water partition coefficient (Wildman–Crippen LogP) is 3.95. The summed E-state index contributed by atoms with van der Waals surface area (Å²) in [5, 5.41) is 0. The molecule has 1 rings (SSSR count). The largest absolute Gasteiger partial charge is 0.466 e. The second-order valence-corrected chi connectivity index (χ2v) is 5.83. The fourth-order valence-corrected chi connectivity index (χ4v) is 2.84. The van der Waals surface area contributed by atoms with Crippen LogP contribution in [0.1, 0.15) is 65.2 Å². The summed E-state index contributed by atoms with van der Waals surface area (Å²) >= 11 is 0. The van der Waals surface area contributed by atoms with Gasteiger partial charge in [0, 0.05) is 19.6 Å². The number of carbonyl (C=O) groups excluding carboxylic acids is 1. The lowest BCUT2D eigenvalue weighted by Gasteiger charge is -2.26. The minimum absolute atomic E-state index is 0.0698. The number of hydrogen-bond acceptors (Lipinski definition) is 3. The molecule has 0 amide bonds. The highest BCUT2D eigenvalue weighted by atomic mass is 16.5. The van der Waals surface area contributed by atoms with E-state index in [9.17, 15) is 4.79 Å². The first kappa shape index (κ1) is 16.5. The first-order valence-corrected chi connectivity index (χ1v) is 7.95. The molecule has 1 aliphatic carbocycles. The Bertz CT molecular complexity index is 240. The Hall–Kier alpha value is -0.570. The normalized spacial score (nSPS) is 23.3. The summed E-state index contributed by atoms with van der Waals surface area (Å²) in [6, 6.07) is 0. The highest BCUT2D eigenvalue weighted by molar-refractivity contribution is 5.69. The van der Waals surface area contributed by atoms with Gasteiger partial charge in [0.25, 0.3) is 0 Å². The molecule has 0 bridgehead atoms. The molecule has 0 aromatic carbocycles. The summed E-state index contributed by atoms with van der Waals surface area (Å²) in [5.41, 5.74) is 0. The molecule has 2 unspecified atom stereocenters. The monoisotopic (exact) mass is 270 g/mol. The topological polar surface area (TPSA) is 35.5 Å². The Morgan fingerprint density at radius 3 is 2.79 bits per heavy atom. The molecule has 3 nitrogen and oxygen atoms in total. The SMILES string of the molecule is CCOC(=O)CCCCCOCC1CCCC(C)C1. The van der Waals surface area contributed by atoms with Crippen LogP contribution in [0.5, 0.6) is 0 Å². The van der Waals surface area contributed by atoms with E-state index >= 15 is 0 Å². The van der Waals surface area contributed by atoms with Crippen molar-refractivity contribution in [2.24, 2.45) is 11.8 Å². The van der Waals surface area contributed by atoms with E-state index in [-0.39, 0.29) is 5.97 Å². The average Bonchev–Trinajstić information content (AvgIpc) is 2.38. The molecule has 0 spiro atoms. The number of rotatable bonds is 9. The molecule has 0 N–H and O–H groups in total. The van der Waals surface area contributed by atoms with Crippen LogP contribution >= 0.6 is 0 Å². The number of esters is 1. The van der Waals surface area contributed by atoms with E-state index in [0.717, 1.165) is 44.3 Å². The summed E-state index contributed by atoms with van der Waals surface area (Å²) in [6.45, 7) is 6.46. The van der Waals surface area contributed by atoms with E-state index in [0.29, 0.717) is 13.0 Å². The molecule has 2 atom stereocenters. The Kier molecular flexibility index (Phi) is 8.89. The van der Waals surface area contributed by atoms with Crippen LogP contribution in [0.25, 0.3) is 0 Å². The number of hydrogen-bond donors (Lipinski definition) is 0. The van der Waals surface area contributed by atoms with Crippen molar-refractivity contribution < 1.29 is 14.3 Å². The van der Waals surface area contributed by atoms with Crippen LogP contribution in [-0.2, 0) is 14.3 Å². The van der Waals surface area contributed by atoms with Crippen LogP contribution in [-0.4, -0.2) is 25.8 Å². The van der Waals surface area contributed by atoms with Crippen LogP contribution in [0.2, 0.25) is 0 Å². The van der Waals surface area contributed by atoms with E-state index in [2.05, 4.69) is 6.92 Å². The van der Waals surface area contributed by atoms with E-state index in [4.69, 9.17) is 9.47 Å². The highest BCUT2D eigenvalue weighted by Gasteiger charge is 2.18. The maximum Gasteiger partial charge on any atom is 0.305 e. The molecule has 112 valence electrons. The Morgan fingerprint density at radius 2 is 2.05 bits per heavy atom. The van der Waals surface area contributed by atoms with Crippen LogP contribution in [0, 0.1) is 11.8 Å². The van der Waals surface area contributed by atoms with Crippen molar-refractivity contribution in [1.82, 2.24) is 0 Å². The van der Waals surface area contributed by atoms with Gasteiger partial charge in [-0.25, -0.2) is 0 Å². The smallest absolute Gasteiger partial charge is 0.305 e. The van der Waals surface area contributed by atoms with Gasteiger partial charge in [-0.15, -0.1) is 0 Å². The second kappa shape index (κ2) is 10.2. The minimum Gasteiger partial charge on any atom is -0.466 e. The van der Waals surface area contributed by atoms with Gasteiger partial charge in [-0.2, -0.15) is 0 Å². The van der Waals surface area contributed by atoms with E-state index in [1.807, 2.05) is 6.92 Å². The van der Waals surface area contributed by atoms with Gasteiger partial charge in [-0.05, 0) is 44.4 Å². The fraction of sp³-hybridized carbons (Fsp3) is 0.938. The number of unbranched alkanes of at least 4 members (excludes halogenated alkanes) is 2. The van der Waals surface area contributed by atoms with Gasteiger partial charge in [0.05, 0.1) is 6.61 Å². The third kappa shape index (κ3) is 8.25. The zero-order valence-electron chi connectivity index (χ0n) is 12.7. The fourth-order valence-electron chi connectivity index (χ4n) is 2.84. The highest BCUT2D eigenvalue weighted by Crippen LogP contribution is 2.28. The summed E-state index contributed by atoms with van der Waals surface area (Å²) in [4.78, 5) is 11.1. The zero-order valence-corrected chi connectivity index (χ0v) is 12.7. The molecule has 19 heavy (non-hydrogen) atoms. The zero-order chi connectivity index (χ0) is 13.9. The summed E-state index contributed by atoms with van der Waals surface area (Å²) in [5.74, 6) is 1.59. The molecule has 3 heteroatoms. The van der Waals surface area contributed by atoms with Crippen molar-refractivity contribution >= 4 is 5.97 Å². The number of carbonyl (C=O) groups is 1. The van der Waals surface area contributed by atoms with Gasteiger partial charge in [0.1, 0.15) is 0 Å². The minimum atomic E-state index is -0.0698. The van der Waals surface area contributed by atoms with Crippen molar-refractivity contribution in [3.63, 3.8) is 0 Å². The van der Waals surface area contributed by atoms with Crippen molar-refractivity contribution in [2.75, 3.05) is 19.8 Å². The van der Waals surface area contributed by atoms with E-state index in [1.54, 1.807) is 0 Å². The van der Waals surface area contributed by atoms with Gasteiger partial charge in [0.15, 0.2) is 0 Å². The molecule has 0 aromatic rings. The quantitative estimate of drug-likeness (QED) is 0.470. The molecular weight excluding hydrogens is 240 g/mol. The van der Waals surface area contributed by atoms with E-state index < -0.39 is 0 Å². The van der Waals surface area contributed by atoms with E-state index in [1.165, 1.54) is 25.7 Å². The molecule has 1 fully saturated rings. The van der Waals surface area contributed by atoms with Gasteiger partial charge < -0.3 is 9.47 Å².